The summed E-state index contributed by atoms with van der Waals surface area (Å²) in [7, 11) is 4.11. The molecule has 2 aromatic rings. The molecule has 2 rings (SSSR count). The zero-order chi connectivity index (χ0) is 10.7. The molecule has 0 atom stereocenters. The van der Waals surface area contributed by atoms with Crippen molar-refractivity contribution in [3.8, 4) is 0 Å². The van der Waals surface area contributed by atoms with Crippen molar-refractivity contribution in [3.63, 3.8) is 0 Å². The quantitative estimate of drug-likeness (QED) is 0.794. The van der Waals surface area contributed by atoms with Crippen LogP contribution < -0.4 is 5.32 Å². The van der Waals surface area contributed by atoms with Crippen LogP contribution >= 0.6 is 0 Å². The number of nitrogens with one attached hydrogen (secondary N) is 2. The zero-order valence-corrected chi connectivity index (χ0v) is 9.12. The van der Waals surface area contributed by atoms with Crippen molar-refractivity contribution in [1.82, 2.24) is 14.9 Å². The van der Waals surface area contributed by atoms with Gasteiger partial charge in [0, 0.05) is 13.1 Å². The Morgan fingerprint density at radius 3 is 2.87 bits per heavy atom. The largest absolute Gasteiger partial charge is 0.355 e. The maximum atomic E-state index is 4.42. The van der Waals surface area contributed by atoms with Crippen molar-refractivity contribution in [2.45, 2.75) is 0 Å². The molecule has 0 radical (unpaired) electrons. The van der Waals surface area contributed by atoms with E-state index in [0.29, 0.717) is 0 Å². The lowest BCUT2D eigenvalue weighted by Gasteiger charge is -2.08. The highest BCUT2D eigenvalue weighted by Crippen LogP contribution is 2.12. The Balaban J connectivity index is 2.03. The summed E-state index contributed by atoms with van der Waals surface area (Å²) in [6.45, 7) is 1.89. The van der Waals surface area contributed by atoms with E-state index in [1.54, 1.807) is 0 Å². The van der Waals surface area contributed by atoms with Crippen LogP contribution in [0.25, 0.3) is 11.0 Å². The highest BCUT2D eigenvalue weighted by molar-refractivity contribution is 5.77. The number of likely N-dealkylation sites (N-methyl/N-ethyl adjacent to an activating group) is 1. The molecule has 1 heterocycles. The van der Waals surface area contributed by atoms with Crippen molar-refractivity contribution in [2.75, 3.05) is 32.5 Å². The fourth-order valence-electron chi connectivity index (χ4n) is 1.43. The van der Waals surface area contributed by atoms with E-state index < -0.39 is 0 Å². The summed E-state index contributed by atoms with van der Waals surface area (Å²) in [5, 5.41) is 3.26. The fraction of sp³-hybridized carbons (Fsp3) is 0.364. The van der Waals surface area contributed by atoms with E-state index in [1.165, 1.54) is 0 Å². The van der Waals surface area contributed by atoms with E-state index in [-0.39, 0.29) is 0 Å². The molecule has 0 aliphatic carbocycles. The Morgan fingerprint density at radius 1 is 1.33 bits per heavy atom. The second-order valence-electron chi connectivity index (χ2n) is 3.83. The number of anilines is 1. The van der Waals surface area contributed by atoms with E-state index in [9.17, 15) is 0 Å². The number of aromatic amines is 1. The molecule has 15 heavy (non-hydrogen) atoms. The van der Waals surface area contributed by atoms with Crippen molar-refractivity contribution in [1.29, 1.82) is 0 Å². The first-order chi connectivity index (χ1) is 7.25. The molecule has 1 aromatic heterocycles. The van der Waals surface area contributed by atoms with E-state index in [2.05, 4.69) is 34.3 Å². The lowest BCUT2D eigenvalue weighted by Crippen LogP contribution is -2.21. The van der Waals surface area contributed by atoms with E-state index in [0.717, 1.165) is 30.1 Å². The maximum Gasteiger partial charge on any atom is 0.201 e. The van der Waals surface area contributed by atoms with Gasteiger partial charge in [0.25, 0.3) is 0 Å². The molecular weight excluding hydrogens is 188 g/mol. The normalized spacial score (nSPS) is 11.1. The molecule has 0 aliphatic rings. The predicted octanol–water partition coefficient (Wildman–Crippen LogP) is 1.54. The molecule has 4 heteroatoms. The molecule has 0 saturated heterocycles. The first-order valence-electron chi connectivity index (χ1n) is 5.09. The number of nitrogens with zero attached hydrogens (tertiary/aromatic N) is 2. The smallest absolute Gasteiger partial charge is 0.201 e. The number of H-pyrrole nitrogens is 1. The number of imidazole rings is 1. The highest BCUT2D eigenvalue weighted by Gasteiger charge is 2.00. The third kappa shape index (κ3) is 2.47. The van der Waals surface area contributed by atoms with Gasteiger partial charge in [-0.25, -0.2) is 4.98 Å². The van der Waals surface area contributed by atoms with Crippen molar-refractivity contribution >= 4 is 17.0 Å². The minimum atomic E-state index is 0.845. The second kappa shape index (κ2) is 4.31. The molecule has 4 nitrogen and oxygen atoms in total. The van der Waals surface area contributed by atoms with Gasteiger partial charge in [0.15, 0.2) is 0 Å². The van der Waals surface area contributed by atoms with Crippen LogP contribution in [0.1, 0.15) is 0 Å². The van der Waals surface area contributed by atoms with Crippen LogP contribution in [0.4, 0.5) is 5.95 Å². The summed E-state index contributed by atoms with van der Waals surface area (Å²) in [5.74, 6) is 0.845. The minimum Gasteiger partial charge on any atom is -0.355 e. The third-order valence-electron chi connectivity index (χ3n) is 2.24. The topological polar surface area (TPSA) is 44.0 Å². The molecule has 0 unspecified atom stereocenters. The van der Waals surface area contributed by atoms with Gasteiger partial charge in [-0.1, -0.05) is 12.1 Å². The van der Waals surface area contributed by atoms with Gasteiger partial charge in [-0.2, -0.15) is 0 Å². The number of para-hydroxylation sites is 2. The van der Waals surface area contributed by atoms with Gasteiger partial charge < -0.3 is 15.2 Å². The summed E-state index contributed by atoms with van der Waals surface area (Å²) in [6, 6.07) is 8.03. The first-order valence-corrected chi connectivity index (χ1v) is 5.09. The monoisotopic (exact) mass is 204 g/mol. The fourth-order valence-corrected chi connectivity index (χ4v) is 1.43. The average molecular weight is 204 g/mol. The van der Waals surface area contributed by atoms with Crippen LogP contribution in [0.15, 0.2) is 24.3 Å². The van der Waals surface area contributed by atoms with Crippen molar-refractivity contribution < 1.29 is 0 Å². The Morgan fingerprint density at radius 2 is 2.13 bits per heavy atom. The summed E-state index contributed by atoms with van der Waals surface area (Å²) in [5.41, 5.74) is 2.08. The maximum absolute atomic E-state index is 4.42. The van der Waals surface area contributed by atoms with E-state index >= 15 is 0 Å². The lowest BCUT2D eigenvalue weighted by molar-refractivity contribution is 0.425. The second-order valence-corrected chi connectivity index (χ2v) is 3.83. The van der Waals surface area contributed by atoms with E-state index in [1.807, 2.05) is 24.3 Å². The number of benzene rings is 1. The Labute approximate surface area is 89.3 Å². The lowest BCUT2D eigenvalue weighted by atomic mass is 10.3. The summed E-state index contributed by atoms with van der Waals surface area (Å²) < 4.78 is 0. The summed E-state index contributed by atoms with van der Waals surface area (Å²) >= 11 is 0. The first kappa shape index (κ1) is 9.98. The Hall–Kier alpha value is -1.55. The molecule has 0 amide bonds. The molecule has 0 bridgehead atoms. The van der Waals surface area contributed by atoms with Crippen LogP contribution in [0.3, 0.4) is 0 Å². The van der Waals surface area contributed by atoms with Crippen molar-refractivity contribution in [3.05, 3.63) is 24.3 Å². The summed E-state index contributed by atoms with van der Waals surface area (Å²) in [4.78, 5) is 9.79. The van der Waals surface area contributed by atoms with Crippen LogP contribution in [-0.2, 0) is 0 Å². The minimum absolute atomic E-state index is 0.845. The van der Waals surface area contributed by atoms with Crippen molar-refractivity contribution in [2.24, 2.45) is 0 Å². The number of hydrogen-bond acceptors (Lipinski definition) is 3. The van der Waals surface area contributed by atoms with Gasteiger partial charge in [-0.3, -0.25) is 0 Å². The van der Waals surface area contributed by atoms with Gasteiger partial charge in [0.1, 0.15) is 0 Å². The van der Waals surface area contributed by atoms with Crippen LogP contribution in [0.2, 0.25) is 0 Å². The number of rotatable bonds is 4. The van der Waals surface area contributed by atoms with Gasteiger partial charge in [0.2, 0.25) is 5.95 Å². The molecule has 0 aliphatic heterocycles. The number of aromatic nitrogens is 2. The Bertz CT molecular complexity index is 400. The molecule has 1 aromatic carbocycles. The SMILES string of the molecule is CN(C)CCNc1nc2ccccc2[nH]1. The number of hydrogen-bond donors (Lipinski definition) is 2. The zero-order valence-electron chi connectivity index (χ0n) is 9.12. The van der Waals surface area contributed by atoms with Crippen LogP contribution in [0.5, 0.6) is 0 Å². The molecule has 2 N–H and O–H groups in total. The highest BCUT2D eigenvalue weighted by atomic mass is 15.1. The van der Waals surface area contributed by atoms with Crippen LogP contribution in [-0.4, -0.2) is 42.1 Å². The third-order valence-corrected chi connectivity index (χ3v) is 2.24. The van der Waals surface area contributed by atoms with Gasteiger partial charge in [-0.15, -0.1) is 0 Å². The molecule has 0 fully saturated rings. The molecule has 0 saturated carbocycles. The van der Waals surface area contributed by atoms with E-state index in [4.69, 9.17) is 0 Å². The Kier molecular flexibility index (Phi) is 2.87. The number of fused-ring (bicyclic) bond motifs is 1. The molecule has 80 valence electrons. The molecule has 0 spiro atoms. The molecular formula is C11H16N4. The van der Waals surface area contributed by atoms with Crippen LogP contribution in [0, 0.1) is 0 Å². The standard InChI is InChI=1S/C11H16N4/c1-15(2)8-7-12-11-13-9-5-3-4-6-10(9)14-11/h3-6H,7-8H2,1-2H3,(H2,12,13,14). The van der Waals surface area contributed by atoms with Gasteiger partial charge >= 0.3 is 0 Å². The predicted molar refractivity (Wildman–Crippen MR) is 63.1 cm³/mol. The average Bonchev–Trinajstić information content (AvgIpc) is 2.59. The van der Waals surface area contributed by atoms with Gasteiger partial charge in [-0.05, 0) is 26.2 Å². The van der Waals surface area contributed by atoms with Gasteiger partial charge in [0.05, 0.1) is 11.0 Å². The summed E-state index contributed by atoms with van der Waals surface area (Å²) in [6.07, 6.45) is 0.